The second kappa shape index (κ2) is 8.19. The first kappa shape index (κ1) is 19.4. The number of aromatic amines is 1. The Morgan fingerprint density at radius 2 is 1.38 bits per heavy atom. The Bertz CT molecular complexity index is 1170. The highest BCUT2D eigenvalue weighted by atomic mass is 35.5. The van der Waals surface area contributed by atoms with Crippen LogP contribution in [0.2, 0.25) is 10.0 Å². The van der Waals surface area contributed by atoms with Crippen LogP contribution in [0, 0.1) is 0 Å². The summed E-state index contributed by atoms with van der Waals surface area (Å²) < 4.78 is 10.8. The summed E-state index contributed by atoms with van der Waals surface area (Å²) in [5, 5.41) is 1.23. The summed E-state index contributed by atoms with van der Waals surface area (Å²) >= 11 is 12.9. The number of hydrogen-bond acceptors (Lipinski definition) is 3. The Morgan fingerprint density at radius 3 is 2.00 bits per heavy atom. The Hall–Kier alpha value is -2.95. The molecule has 1 N–H and O–H groups in total. The Morgan fingerprint density at radius 1 is 0.759 bits per heavy atom. The molecular weight excluding hydrogens is 407 g/mol. The van der Waals surface area contributed by atoms with E-state index < -0.39 is 0 Å². The fraction of sp³-hybridized carbons (Fsp3) is 0.0870. The molecular formula is C23H18Cl2N2O2. The SMILES string of the molecule is COc1ccc(-c2[nH]c(-c3ccccc3Cl)nc2-c2ccccc2Cl)cc1OC. The molecule has 146 valence electrons. The van der Waals surface area contributed by atoms with Gasteiger partial charge in [-0.1, -0.05) is 53.5 Å². The van der Waals surface area contributed by atoms with Crippen LogP contribution in [0.1, 0.15) is 0 Å². The molecule has 0 unspecified atom stereocenters. The van der Waals surface area contributed by atoms with Crippen molar-refractivity contribution in [2.24, 2.45) is 0 Å². The highest BCUT2D eigenvalue weighted by Crippen LogP contribution is 2.40. The van der Waals surface area contributed by atoms with Crippen molar-refractivity contribution in [3.8, 4) is 45.4 Å². The molecule has 4 nitrogen and oxygen atoms in total. The first-order valence-electron chi connectivity index (χ1n) is 8.94. The summed E-state index contributed by atoms with van der Waals surface area (Å²) in [6.45, 7) is 0. The van der Waals surface area contributed by atoms with E-state index in [9.17, 15) is 0 Å². The van der Waals surface area contributed by atoms with E-state index in [4.69, 9.17) is 37.7 Å². The van der Waals surface area contributed by atoms with Gasteiger partial charge in [-0.05, 0) is 36.4 Å². The topological polar surface area (TPSA) is 47.1 Å². The minimum absolute atomic E-state index is 0.617. The van der Waals surface area contributed by atoms with Crippen LogP contribution in [0.3, 0.4) is 0 Å². The van der Waals surface area contributed by atoms with Crippen molar-refractivity contribution in [2.75, 3.05) is 14.2 Å². The normalized spacial score (nSPS) is 10.8. The van der Waals surface area contributed by atoms with E-state index in [1.54, 1.807) is 14.2 Å². The second-order valence-corrected chi connectivity index (χ2v) is 7.15. The monoisotopic (exact) mass is 424 g/mol. The van der Waals surface area contributed by atoms with Crippen molar-refractivity contribution in [3.05, 3.63) is 76.8 Å². The maximum atomic E-state index is 6.49. The number of methoxy groups -OCH3 is 2. The molecule has 1 aromatic heterocycles. The smallest absolute Gasteiger partial charge is 0.161 e. The third-order valence-electron chi connectivity index (χ3n) is 4.63. The van der Waals surface area contributed by atoms with Crippen molar-refractivity contribution in [3.63, 3.8) is 0 Å². The molecule has 4 aromatic rings. The van der Waals surface area contributed by atoms with Gasteiger partial charge in [-0.2, -0.15) is 0 Å². The predicted molar refractivity (Wildman–Crippen MR) is 118 cm³/mol. The molecule has 0 saturated heterocycles. The number of ether oxygens (including phenoxy) is 2. The number of halogens is 2. The lowest BCUT2D eigenvalue weighted by atomic mass is 10.0. The summed E-state index contributed by atoms with van der Waals surface area (Å²) in [5.74, 6) is 1.95. The lowest BCUT2D eigenvalue weighted by Crippen LogP contribution is -1.92. The molecule has 0 fully saturated rings. The second-order valence-electron chi connectivity index (χ2n) is 6.34. The number of nitrogens with one attached hydrogen (secondary N) is 1. The van der Waals surface area contributed by atoms with Gasteiger partial charge in [-0.3, -0.25) is 0 Å². The van der Waals surface area contributed by atoms with Crippen LogP contribution in [-0.4, -0.2) is 24.2 Å². The minimum atomic E-state index is 0.617. The number of benzene rings is 3. The average molecular weight is 425 g/mol. The average Bonchev–Trinajstić information content (AvgIpc) is 3.18. The molecule has 0 aliphatic rings. The first-order chi connectivity index (χ1) is 14.1. The molecule has 0 aliphatic heterocycles. The summed E-state index contributed by atoms with van der Waals surface area (Å²) in [4.78, 5) is 8.27. The van der Waals surface area contributed by atoms with Gasteiger partial charge < -0.3 is 14.5 Å². The highest BCUT2D eigenvalue weighted by Gasteiger charge is 2.19. The third kappa shape index (κ3) is 3.69. The first-order valence-corrected chi connectivity index (χ1v) is 9.70. The molecule has 0 amide bonds. The van der Waals surface area contributed by atoms with Gasteiger partial charge >= 0.3 is 0 Å². The van der Waals surface area contributed by atoms with E-state index in [0.29, 0.717) is 27.4 Å². The van der Waals surface area contributed by atoms with Gasteiger partial charge in [0.1, 0.15) is 5.82 Å². The lowest BCUT2D eigenvalue weighted by molar-refractivity contribution is 0.355. The van der Waals surface area contributed by atoms with Gasteiger partial charge in [0.05, 0.1) is 35.7 Å². The Labute approximate surface area is 179 Å². The number of aromatic nitrogens is 2. The van der Waals surface area contributed by atoms with Crippen LogP contribution in [0.25, 0.3) is 33.9 Å². The van der Waals surface area contributed by atoms with Gasteiger partial charge in [-0.25, -0.2) is 4.98 Å². The van der Waals surface area contributed by atoms with E-state index in [-0.39, 0.29) is 0 Å². The predicted octanol–water partition coefficient (Wildman–Crippen LogP) is 6.73. The number of nitrogens with zero attached hydrogens (tertiary/aromatic N) is 1. The van der Waals surface area contributed by atoms with Crippen molar-refractivity contribution in [1.29, 1.82) is 0 Å². The molecule has 0 atom stereocenters. The van der Waals surface area contributed by atoms with Crippen LogP contribution < -0.4 is 9.47 Å². The van der Waals surface area contributed by atoms with Crippen LogP contribution in [0.5, 0.6) is 11.5 Å². The molecule has 0 spiro atoms. The molecule has 4 rings (SSSR count). The van der Waals surface area contributed by atoms with Crippen LogP contribution in [0.4, 0.5) is 0 Å². The van der Waals surface area contributed by atoms with Gasteiger partial charge in [0.15, 0.2) is 11.5 Å². The zero-order valence-electron chi connectivity index (χ0n) is 15.9. The van der Waals surface area contributed by atoms with Crippen LogP contribution in [-0.2, 0) is 0 Å². The molecule has 1 heterocycles. The zero-order valence-corrected chi connectivity index (χ0v) is 17.4. The van der Waals surface area contributed by atoms with E-state index in [2.05, 4.69) is 4.98 Å². The van der Waals surface area contributed by atoms with Gasteiger partial charge in [-0.15, -0.1) is 0 Å². The summed E-state index contributed by atoms with van der Waals surface area (Å²) in [6, 6.07) is 20.9. The van der Waals surface area contributed by atoms with Crippen molar-refractivity contribution >= 4 is 23.2 Å². The highest BCUT2D eigenvalue weighted by molar-refractivity contribution is 6.34. The maximum absolute atomic E-state index is 6.49. The molecule has 6 heteroatoms. The Balaban J connectivity index is 1.95. The Kier molecular flexibility index (Phi) is 5.47. The lowest BCUT2D eigenvalue weighted by Gasteiger charge is -2.10. The molecule has 0 saturated carbocycles. The van der Waals surface area contributed by atoms with Gasteiger partial charge in [0.25, 0.3) is 0 Å². The van der Waals surface area contributed by atoms with E-state index in [1.165, 1.54) is 0 Å². The standard InChI is InChI=1S/C23H18Cl2N2O2/c1-28-19-12-11-14(13-20(19)29-2)21-22(15-7-3-5-9-17(15)24)27-23(26-21)16-8-4-6-10-18(16)25/h3-13H,1-2H3,(H,26,27). The molecule has 0 aliphatic carbocycles. The molecule has 0 radical (unpaired) electrons. The fourth-order valence-corrected chi connectivity index (χ4v) is 3.65. The molecule has 29 heavy (non-hydrogen) atoms. The quantitative estimate of drug-likeness (QED) is 0.386. The van der Waals surface area contributed by atoms with Gasteiger partial charge in [0.2, 0.25) is 0 Å². The van der Waals surface area contributed by atoms with Crippen molar-refractivity contribution in [1.82, 2.24) is 9.97 Å². The zero-order chi connectivity index (χ0) is 20.4. The number of hydrogen-bond donors (Lipinski definition) is 1. The summed E-state index contributed by atoms with van der Waals surface area (Å²) in [6.07, 6.45) is 0. The molecule has 0 bridgehead atoms. The summed E-state index contributed by atoms with van der Waals surface area (Å²) in [7, 11) is 3.22. The summed E-state index contributed by atoms with van der Waals surface area (Å²) in [5.41, 5.74) is 4.08. The minimum Gasteiger partial charge on any atom is -0.493 e. The van der Waals surface area contributed by atoms with E-state index >= 15 is 0 Å². The number of H-pyrrole nitrogens is 1. The number of rotatable bonds is 5. The van der Waals surface area contributed by atoms with Gasteiger partial charge in [0, 0.05) is 16.7 Å². The van der Waals surface area contributed by atoms with E-state index in [0.717, 1.165) is 28.1 Å². The van der Waals surface area contributed by atoms with Crippen LogP contribution >= 0.6 is 23.2 Å². The maximum Gasteiger partial charge on any atom is 0.161 e. The van der Waals surface area contributed by atoms with Crippen LogP contribution in [0.15, 0.2) is 66.7 Å². The number of imidazole rings is 1. The largest absolute Gasteiger partial charge is 0.493 e. The molecule has 3 aromatic carbocycles. The third-order valence-corrected chi connectivity index (χ3v) is 5.29. The van der Waals surface area contributed by atoms with E-state index in [1.807, 2.05) is 66.7 Å². The fourth-order valence-electron chi connectivity index (χ4n) is 3.20. The van der Waals surface area contributed by atoms with Crippen molar-refractivity contribution < 1.29 is 9.47 Å². The van der Waals surface area contributed by atoms with Crippen molar-refractivity contribution in [2.45, 2.75) is 0 Å².